The summed E-state index contributed by atoms with van der Waals surface area (Å²) in [5.41, 5.74) is 10.7. The molecule has 10 heteroatoms. The molecule has 0 spiro atoms. The molecule has 0 aliphatic carbocycles. The van der Waals surface area contributed by atoms with E-state index in [1.165, 1.54) is 30.1 Å². The third-order valence-electron chi connectivity index (χ3n) is 7.22. The summed E-state index contributed by atoms with van der Waals surface area (Å²) in [6.07, 6.45) is 11.6. The zero-order valence-electron chi connectivity index (χ0n) is 22.8. The normalized spacial score (nSPS) is 15.3. The first kappa shape index (κ1) is 28.3. The second kappa shape index (κ2) is 13.4. The van der Waals surface area contributed by atoms with Crippen LogP contribution in [0.4, 0.5) is 5.82 Å². The third kappa shape index (κ3) is 7.08. The largest absolute Gasteiger partial charge is 0.383 e. The lowest BCUT2D eigenvalue weighted by Crippen LogP contribution is -2.25. The number of nitrogens with two attached hydrogens (primary N) is 1. The molecule has 4 aromatic rings. The van der Waals surface area contributed by atoms with E-state index in [1.54, 1.807) is 18.6 Å². The number of hydrogen-bond acceptors (Lipinski definition) is 8. The van der Waals surface area contributed by atoms with Crippen LogP contribution in [0.1, 0.15) is 47.8 Å². The number of rotatable bonds is 9. The molecule has 0 amide bonds. The van der Waals surface area contributed by atoms with Gasteiger partial charge in [-0.25, -0.2) is 4.98 Å². The van der Waals surface area contributed by atoms with Crippen molar-refractivity contribution in [3.63, 3.8) is 0 Å². The summed E-state index contributed by atoms with van der Waals surface area (Å²) in [6, 6.07) is 16.9. The average molecular weight is 568 g/mol. The molecule has 2 atom stereocenters. The van der Waals surface area contributed by atoms with Gasteiger partial charge in [0.1, 0.15) is 5.82 Å². The van der Waals surface area contributed by atoms with Crippen molar-refractivity contribution < 1.29 is 4.79 Å². The number of carbonyl (C=O) groups is 1. The van der Waals surface area contributed by atoms with Crippen LogP contribution in [0.5, 0.6) is 0 Å². The number of aromatic nitrogens is 5. The van der Waals surface area contributed by atoms with Crippen LogP contribution in [-0.4, -0.2) is 49.8 Å². The van der Waals surface area contributed by atoms with Crippen LogP contribution in [0.25, 0.3) is 22.4 Å². The van der Waals surface area contributed by atoms with Crippen LogP contribution in [0.2, 0.25) is 0 Å². The molecular weight excluding hydrogens is 534 g/mol. The summed E-state index contributed by atoms with van der Waals surface area (Å²) in [4.78, 5) is 38.7. The molecule has 1 saturated heterocycles. The summed E-state index contributed by atoms with van der Waals surface area (Å²) in [7, 11) is 0. The van der Waals surface area contributed by atoms with Crippen molar-refractivity contribution >= 4 is 23.4 Å². The van der Waals surface area contributed by atoms with Crippen LogP contribution >= 0.6 is 11.8 Å². The Morgan fingerprint density at radius 1 is 1.12 bits per heavy atom. The highest BCUT2D eigenvalue weighted by Gasteiger charge is 2.27. The van der Waals surface area contributed by atoms with Gasteiger partial charge in [0.25, 0.3) is 0 Å². The van der Waals surface area contributed by atoms with E-state index >= 15 is 0 Å². The van der Waals surface area contributed by atoms with Crippen molar-refractivity contribution in [2.75, 3.05) is 18.5 Å². The Balaban J connectivity index is 1.56. The van der Waals surface area contributed by atoms with E-state index in [0.717, 1.165) is 41.1 Å². The zero-order valence-corrected chi connectivity index (χ0v) is 23.7. The highest BCUT2D eigenvalue weighted by Crippen LogP contribution is 2.34. The summed E-state index contributed by atoms with van der Waals surface area (Å²) >= 11 is 1.51. The molecule has 5 rings (SSSR count). The van der Waals surface area contributed by atoms with Crippen molar-refractivity contribution in [2.45, 2.75) is 42.5 Å². The lowest BCUT2D eigenvalue weighted by Gasteiger charge is -2.21. The molecule has 1 fully saturated rings. The summed E-state index contributed by atoms with van der Waals surface area (Å²) in [5.74, 6) is -0.119. The standard InChI is InChI=1S/C31H33N7O2S/c1-41-29-19-37-36-18-25(21-9-10-26(35-17-21)20-6-3-2-4-7-20)31(32)38-30(29)22(14-23-8-5-12-33-23)15-28(40)27-16-24(39)11-13-34-27/h2-4,6-7,9-11,13,16-19,22-23,33,37H,5,8,12,14-15,32H2,1H3,(H,34,39). The fraction of sp³-hybridized carbons (Fsp3) is 0.258. The minimum absolute atomic E-state index is 0.151. The molecule has 1 aliphatic rings. The third-order valence-corrected chi connectivity index (χ3v) is 7.99. The van der Waals surface area contributed by atoms with Crippen molar-refractivity contribution in [2.24, 2.45) is 0 Å². The number of H-pyrrole nitrogens is 2. The van der Waals surface area contributed by atoms with E-state index in [9.17, 15) is 9.59 Å². The SMILES string of the molecule is CSc1c[nH]ncc(-c2ccc(-c3ccccc3)nc2)c(N)nc1C(CC(=O)c1cc(=O)cc[nH]1)CC1CCCN1. The van der Waals surface area contributed by atoms with E-state index in [4.69, 9.17) is 10.7 Å². The van der Waals surface area contributed by atoms with Gasteiger partial charge in [-0.3, -0.25) is 19.7 Å². The summed E-state index contributed by atoms with van der Waals surface area (Å²) < 4.78 is 0. The second-order valence-corrected chi connectivity index (χ2v) is 10.8. The maximum absolute atomic E-state index is 13.4. The molecule has 4 heterocycles. The van der Waals surface area contributed by atoms with Gasteiger partial charge in [-0.2, -0.15) is 5.10 Å². The predicted molar refractivity (Wildman–Crippen MR) is 163 cm³/mol. The lowest BCUT2D eigenvalue weighted by atomic mass is 9.89. The molecule has 1 aliphatic heterocycles. The molecule has 1 aromatic carbocycles. The van der Waals surface area contributed by atoms with Gasteiger partial charge in [0, 0.05) is 70.7 Å². The molecule has 210 valence electrons. The number of benzene rings is 1. The Morgan fingerprint density at radius 2 is 1.98 bits per heavy atom. The summed E-state index contributed by atoms with van der Waals surface area (Å²) in [6.45, 7) is 0.947. The highest BCUT2D eigenvalue weighted by atomic mass is 32.2. The number of nitrogens with zero attached hydrogens (tertiary/aromatic N) is 3. The van der Waals surface area contributed by atoms with Crippen LogP contribution in [0.3, 0.4) is 0 Å². The number of thioether (sulfide) groups is 1. The molecule has 9 nitrogen and oxygen atoms in total. The van der Waals surface area contributed by atoms with E-state index in [2.05, 4.69) is 25.5 Å². The Morgan fingerprint density at radius 3 is 2.68 bits per heavy atom. The van der Waals surface area contributed by atoms with Crippen molar-refractivity contribution in [1.29, 1.82) is 0 Å². The Bertz CT molecular complexity index is 1590. The van der Waals surface area contributed by atoms with Gasteiger partial charge in [0.15, 0.2) is 11.2 Å². The number of nitrogens with one attached hydrogen (secondary N) is 3. The molecular formula is C31H33N7O2S. The van der Waals surface area contributed by atoms with Crippen LogP contribution in [0.15, 0.2) is 89.1 Å². The van der Waals surface area contributed by atoms with Gasteiger partial charge < -0.3 is 16.0 Å². The number of hydrogen-bond donors (Lipinski definition) is 4. The Hall–Kier alpha value is -4.28. The van der Waals surface area contributed by atoms with Crippen LogP contribution in [-0.2, 0) is 0 Å². The molecule has 0 radical (unpaired) electrons. The Kier molecular flexibility index (Phi) is 9.22. The van der Waals surface area contributed by atoms with Gasteiger partial charge in [-0.05, 0) is 38.1 Å². The number of nitrogen functional groups attached to an aromatic ring is 1. The first-order valence-electron chi connectivity index (χ1n) is 13.6. The van der Waals surface area contributed by atoms with Crippen LogP contribution < -0.4 is 16.5 Å². The maximum Gasteiger partial charge on any atom is 0.182 e. The number of carbonyl (C=O) groups excluding carboxylic acids is 1. The second-order valence-electron chi connectivity index (χ2n) is 9.99. The van der Waals surface area contributed by atoms with E-state index < -0.39 is 0 Å². The number of anilines is 1. The molecule has 2 unspecified atom stereocenters. The molecule has 41 heavy (non-hydrogen) atoms. The van der Waals surface area contributed by atoms with Crippen molar-refractivity contribution in [3.05, 3.63) is 101 Å². The van der Waals surface area contributed by atoms with Gasteiger partial charge in [0.05, 0.1) is 23.3 Å². The maximum atomic E-state index is 13.4. The fourth-order valence-corrected chi connectivity index (χ4v) is 5.72. The zero-order chi connectivity index (χ0) is 28.6. The molecule has 5 N–H and O–H groups in total. The van der Waals surface area contributed by atoms with Crippen molar-refractivity contribution in [1.82, 2.24) is 30.5 Å². The monoisotopic (exact) mass is 567 g/mol. The smallest absolute Gasteiger partial charge is 0.182 e. The quantitative estimate of drug-likeness (QED) is 0.161. The Labute approximate surface area is 242 Å². The minimum atomic E-state index is -0.251. The number of pyridine rings is 2. The minimum Gasteiger partial charge on any atom is -0.383 e. The van der Waals surface area contributed by atoms with Crippen LogP contribution in [0, 0.1) is 0 Å². The van der Waals surface area contributed by atoms with Gasteiger partial charge in [0.2, 0.25) is 0 Å². The average Bonchev–Trinajstić information content (AvgIpc) is 3.53. The first-order valence-corrected chi connectivity index (χ1v) is 14.8. The van der Waals surface area contributed by atoms with Gasteiger partial charge in [-0.15, -0.1) is 11.8 Å². The molecule has 3 aromatic heterocycles. The number of Topliss-reactive ketones (excluding diaryl/α,β-unsaturated/α-hetero) is 1. The summed E-state index contributed by atoms with van der Waals surface area (Å²) in [5, 5.41) is 10.9. The predicted octanol–water partition coefficient (Wildman–Crippen LogP) is 5.15. The fourth-order valence-electron chi connectivity index (χ4n) is 5.13. The molecule has 0 saturated carbocycles. The first-order chi connectivity index (χ1) is 20.0. The van der Waals surface area contributed by atoms with E-state index in [1.807, 2.05) is 48.7 Å². The molecule has 0 bridgehead atoms. The lowest BCUT2D eigenvalue weighted by molar-refractivity contribution is 0.0965. The van der Waals surface area contributed by atoms with Gasteiger partial charge in [-0.1, -0.05) is 36.4 Å². The van der Waals surface area contributed by atoms with E-state index in [-0.39, 0.29) is 41.1 Å². The topological polar surface area (TPSA) is 142 Å². The number of ketones is 1. The van der Waals surface area contributed by atoms with E-state index in [0.29, 0.717) is 17.7 Å². The van der Waals surface area contributed by atoms with Gasteiger partial charge >= 0.3 is 0 Å². The number of aromatic amines is 2. The highest BCUT2D eigenvalue weighted by molar-refractivity contribution is 7.98. The van der Waals surface area contributed by atoms with Crippen molar-refractivity contribution in [3.8, 4) is 22.4 Å².